The Labute approximate surface area is 143 Å². The van der Waals surface area contributed by atoms with Gasteiger partial charge in [0, 0.05) is 15.5 Å². The fraction of sp³-hybridized carbons (Fsp3) is 0.375. The maximum Gasteiger partial charge on any atom is 0.125 e. The predicted molar refractivity (Wildman–Crippen MR) is 94.9 cm³/mol. The summed E-state index contributed by atoms with van der Waals surface area (Å²) >= 11 is 11.4. The Morgan fingerprint density at radius 3 is 2.67 bits per heavy atom. The Bertz CT molecular complexity index is 614. The summed E-state index contributed by atoms with van der Waals surface area (Å²) in [4.78, 5) is 1.30. The lowest BCUT2D eigenvalue weighted by Gasteiger charge is -2.21. The zero-order valence-electron chi connectivity index (χ0n) is 12.4. The van der Waals surface area contributed by atoms with Crippen molar-refractivity contribution >= 4 is 38.9 Å². The highest BCUT2D eigenvalue weighted by Crippen LogP contribution is 2.37. The number of ether oxygens (including phenoxy) is 1. The molecule has 0 aliphatic heterocycles. The summed E-state index contributed by atoms with van der Waals surface area (Å²) in [6.45, 7) is 5.26. The van der Waals surface area contributed by atoms with Crippen LogP contribution in [-0.4, -0.2) is 13.7 Å². The molecule has 0 radical (unpaired) electrons. The van der Waals surface area contributed by atoms with Crippen molar-refractivity contribution in [2.45, 2.75) is 26.3 Å². The van der Waals surface area contributed by atoms with E-state index in [1.807, 2.05) is 18.2 Å². The van der Waals surface area contributed by atoms with Crippen molar-refractivity contribution in [3.8, 4) is 5.75 Å². The molecule has 0 spiro atoms. The van der Waals surface area contributed by atoms with Crippen LogP contribution in [0.15, 0.2) is 28.1 Å². The highest BCUT2D eigenvalue weighted by Gasteiger charge is 2.21. The number of nitrogens with one attached hydrogen (secondary N) is 1. The van der Waals surface area contributed by atoms with Gasteiger partial charge in [0.2, 0.25) is 0 Å². The predicted octanol–water partition coefficient (Wildman–Crippen LogP) is 5.57. The second-order valence-electron chi connectivity index (χ2n) is 4.84. The van der Waals surface area contributed by atoms with Gasteiger partial charge in [0.1, 0.15) is 5.75 Å². The van der Waals surface area contributed by atoms with Crippen LogP contribution in [0.2, 0.25) is 5.02 Å². The summed E-state index contributed by atoms with van der Waals surface area (Å²) in [5.41, 5.74) is 2.39. The van der Waals surface area contributed by atoms with E-state index < -0.39 is 0 Å². The SMILES string of the molecule is CCCNC(c1ccc(Cl)cc1OC)c1cc(Br)sc1C. The highest BCUT2D eigenvalue weighted by atomic mass is 79.9. The third-order valence-electron chi connectivity index (χ3n) is 3.34. The number of benzene rings is 1. The average molecular weight is 389 g/mol. The zero-order valence-corrected chi connectivity index (χ0v) is 15.5. The van der Waals surface area contributed by atoms with E-state index in [9.17, 15) is 0 Å². The zero-order chi connectivity index (χ0) is 15.4. The molecule has 2 rings (SSSR count). The third kappa shape index (κ3) is 4.01. The minimum Gasteiger partial charge on any atom is -0.496 e. The number of aryl methyl sites for hydroxylation is 1. The summed E-state index contributed by atoms with van der Waals surface area (Å²) < 4.78 is 6.67. The smallest absolute Gasteiger partial charge is 0.125 e. The average Bonchev–Trinajstić information content (AvgIpc) is 2.79. The Kier molecular flexibility index (Phi) is 6.11. The van der Waals surface area contributed by atoms with Crippen molar-refractivity contribution in [2.75, 3.05) is 13.7 Å². The van der Waals surface area contributed by atoms with Gasteiger partial charge < -0.3 is 10.1 Å². The van der Waals surface area contributed by atoms with Crippen LogP contribution in [0.5, 0.6) is 5.75 Å². The van der Waals surface area contributed by atoms with Crippen LogP contribution in [0.25, 0.3) is 0 Å². The van der Waals surface area contributed by atoms with Gasteiger partial charge in [-0.3, -0.25) is 0 Å². The van der Waals surface area contributed by atoms with Gasteiger partial charge in [0.25, 0.3) is 0 Å². The van der Waals surface area contributed by atoms with E-state index in [1.165, 1.54) is 10.4 Å². The molecule has 2 nitrogen and oxygen atoms in total. The molecule has 0 saturated heterocycles. The standard InChI is InChI=1S/C16H19BrClNOS/c1-4-7-19-16(13-9-15(17)21-10(13)2)12-6-5-11(18)8-14(12)20-3/h5-6,8-9,16,19H,4,7H2,1-3H3. The van der Waals surface area contributed by atoms with Crippen LogP contribution in [0.1, 0.15) is 35.4 Å². The van der Waals surface area contributed by atoms with Crippen molar-refractivity contribution < 1.29 is 4.74 Å². The van der Waals surface area contributed by atoms with E-state index in [2.05, 4.69) is 41.2 Å². The molecule has 1 unspecified atom stereocenters. The molecular formula is C16H19BrClNOS. The molecule has 1 aromatic heterocycles. The molecule has 1 N–H and O–H groups in total. The number of hydrogen-bond donors (Lipinski definition) is 1. The lowest BCUT2D eigenvalue weighted by atomic mass is 9.98. The third-order valence-corrected chi connectivity index (χ3v) is 5.15. The Balaban J connectivity index is 2.47. The number of methoxy groups -OCH3 is 1. The van der Waals surface area contributed by atoms with Gasteiger partial charge in [-0.15, -0.1) is 11.3 Å². The second-order valence-corrected chi connectivity index (χ2v) is 7.91. The number of rotatable bonds is 6. The van der Waals surface area contributed by atoms with E-state index in [0.717, 1.165) is 28.1 Å². The Morgan fingerprint density at radius 2 is 2.10 bits per heavy atom. The van der Waals surface area contributed by atoms with E-state index in [0.29, 0.717) is 5.02 Å². The first-order chi connectivity index (χ1) is 10.1. The van der Waals surface area contributed by atoms with Crippen LogP contribution >= 0.6 is 38.9 Å². The van der Waals surface area contributed by atoms with Crippen molar-refractivity contribution in [3.05, 3.63) is 49.1 Å². The number of hydrogen-bond acceptors (Lipinski definition) is 3. The molecule has 1 heterocycles. The number of thiophene rings is 1. The molecule has 0 saturated carbocycles. The van der Waals surface area contributed by atoms with E-state index in [-0.39, 0.29) is 6.04 Å². The van der Waals surface area contributed by atoms with Crippen LogP contribution in [-0.2, 0) is 0 Å². The first-order valence-corrected chi connectivity index (χ1v) is 8.88. The van der Waals surface area contributed by atoms with Crippen LogP contribution in [0.4, 0.5) is 0 Å². The van der Waals surface area contributed by atoms with Crippen LogP contribution < -0.4 is 10.1 Å². The van der Waals surface area contributed by atoms with Gasteiger partial charge in [-0.05, 0) is 59.6 Å². The summed E-state index contributed by atoms with van der Waals surface area (Å²) in [5.74, 6) is 0.817. The van der Waals surface area contributed by atoms with Crippen molar-refractivity contribution in [3.63, 3.8) is 0 Å². The molecule has 1 aromatic carbocycles. The lowest BCUT2D eigenvalue weighted by Crippen LogP contribution is -2.23. The summed E-state index contributed by atoms with van der Waals surface area (Å²) in [7, 11) is 1.68. The monoisotopic (exact) mass is 387 g/mol. The van der Waals surface area contributed by atoms with Gasteiger partial charge in [-0.25, -0.2) is 0 Å². The highest BCUT2D eigenvalue weighted by molar-refractivity contribution is 9.11. The van der Waals surface area contributed by atoms with E-state index >= 15 is 0 Å². The van der Waals surface area contributed by atoms with Crippen LogP contribution in [0, 0.1) is 6.92 Å². The molecule has 21 heavy (non-hydrogen) atoms. The molecule has 114 valence electrons. The topological polar surface area (TPSA) is 21.3 Å². The summed E-state index contributed by atoms with van der Waals surface area (Å²) in [6.07, 6.45) is 1.08. The first-order valence-electron chi connectivity index (χ1n) is 6.89. The summed E-state index contributed by atoms with van der Waals surface area (Å²) in [5, 5.41) is 4.30. The molecule has 1 atom stereocenters. The molecular weight excluding hydrogens is 370 g/mol. The van der Waals surface area contributed by atoms with E-state index in [4.69, 9.17) is 16.3 Å². The van der Waals surface area contributed by atoms with Crippen molar-refractivity contribution in [1.29, 1.82) is 0 Å². The minimum atomic E-state index is 0.111. The van der Waals surface area contributed by atoms with Crippen molar-refractivity contribution in [1.82, 2.24) is 5.32 Å². The van der Waals surface area contributed by atoms with Gasteiger partial charge in [-0.1, -0.05) is 24.6 Å². The molecule has 0 bridgehead atoms. The molecule has 0 aliphatic rings. The molecule has 0 amide bonds. The molecule has 0 fully saturated rings. The second kappa shape index (κ2) is 7.63. The summed E-state index contributed by atoms with van der Waals surface area (Å²) in [6, 6.07) is 8.12. The van der Waals surface area contributed by atoms with Crippen molar-refractivity contribution in [2.24, 2.45) is 0 Å². The van der Waals surface area contributed by atoms with Gasteiger partial charge in [0.15, 0.2) is 0 Å². The quantitative estimate of drug-likeness (QED) is 0.698. The van der Waals surface area contributed by atoms with Gasteiger partial charge in [-0.2, -0.15) is 0 Å². The fourth-order valence-electron chi connectivity index (χ4n) is 2.34. The molecule has 5 heteroatoms. The molecule has 0 aliphatic carbocycles. The Morgan fingerprint density at radius 1 is 1.33 bits per heavy atom. The van der Waals surface area contributed by atoms with Crippen LogP contribution in [0.3, 0.4) is 0 Å². The molecule has 2 aromatic rings. The van der Waals surface area contributed by atoms with Gasteiger partial charge >= 0.3 is 0 Å². The van der Waals surface area contributed by atoms with Gasteiger partial charge in [0.05, 0.1) is 16.9 Å². The lowest BCUT2D eigenvalue weighted by molar-refractivity contribution is 0.404. The Hall–Kier alpha value is -0.550. The maximum absolute atomic E-state index is 6.08. The normalized spacial score (nSPS) is 12.4. The largest absolute Gasteiger partial charge is 0.496 e. The first kappa shape index (κ1) is 16.8. The van der Waals surface area contributed by atoms with E-state index in [1.54, 1.807) is 18.4 Å². The maximum atomic E-state index is 6.08. The number of halogens is 2. The fourth-order valence-corrected chi connectivity index (χ4v) is 4.25. The minimum absolute atomic E-state index is 0.111.